The summed E-state index contributed by atoms with van der Waals surface area (Å²) in [4.78, 5) is 12.3. The minimum atomic E-state index is -0.672. The number of hydrogen-bond acceptors (Lipinski definition) is 5. The van der Waals surface area contributed by atoms with Crippen LogP contribution < -0.4 is 11.1 Å². The Bertz CT molecular complexity index is 989. The number of alkyl carbamates (subject to hydrolysis) is 1. The van der Waals surface area contributed by atoms with Gasteiger partial charge >= 0.3 is 13.2 Å². The standard InChI is InChI=1S/C24H30BN3O4/c1-23(2)24(3,4)32-25(31-23)19(14-18-12-8-9-13-20(18)21(26)27)15-28-22(29)30-16-17-10-6-5-7-11-17/h5-14H,15-16H2,1-4H3,(H3,26,27)(H,28,29). The van der Waals surface area contributed by atoms with Gasteiger partial charge in [-0.05, 0) is 44.3 Å². The van der Waals surface area contributed by atoms with Gasteiger partial charge in [-0.15, -0.1) is 0 Å². The lowest BCUT2D eigenvalue weighted by atomic mass is 9.76. The van der Waals surface area contributed by atoms with Crippen LogP contribution in [-0.2, 0) is 20.7 Å². The van der Waals surface area contributed by atoms with Gasteiger partial charge < -0.3 is 25.1 Å². The van der Waals surface area contributed by atoms with Gasteiger partial charge in [0.25, 0.3) is 0 Å². The number of hydrogen-bond donors (Lipinski definition) is 3. The molecule has 7 nitrogen and oxygen atoms in total. The summed E-state index contributed by atoms with van der Waals surface area (Å²) in [6.07, 6.45) is 1.30. The van der Waals surface area contributed by atoms with E-state index in [-0.39, 0.29) is 19.0 Å². The molecule has 1 fully saturated rings. The van der Waals surface area contributed by atoms with E-state index in [0.29, 0.717) is 11.0 Å². The van der Waals surface area contributed by atoms with Gasteiger partial charge in [0.1, 0.15) is 12.4 Å². The SMILES string of the molecule is CC1(C)OB(C(=Cc2ccccc2C(=N)N)CNC(=O)OCc2ccccc2)OC1(C)C. The molecule has 168 valence electrons. The average Bonchev–Trinajstić information content (AvgIpc) is 2.97. The number of rotatable bonds is 7. The van der Waals surface area contributed by atoms with Gasteiger partial charge in [-0.1, -0.05) is 60.7 Å². The molecule has 8 heteroatoms. The average molecular weight is 435 g/mol. The molecule has 0 aliphatic carbocycles. The second-order valence-corrected chi connectivity index (χ2v) is 8.72. The Balaban J connectivity index is 1.79. The Hall–Kier alpha value is -3.10. The highest BCUT2D eigenvalue weighted by atomic mass is 16.7. The molecule has 1 heterocycles. The highest BCUT2D eigenvalue weighted by molar-refractivity contribution is 6.56. The molecule has 0 spiro atoms. The minimum absolute atomic E-state index is 0.0413. The van der Waals surface area contributed by atoms with Crippen LogP contribution in [0.15, 0.2) is 60.1 Å². The van der Waals surface area contributed by atoms with Gasteiger partial charge in [-0.25, -0.2) is 4.79 Å². The molecular weight excluding hydrogens is 405 g/mol. The molecule has 0 atom stereocenters. The summed E-state index contributed by atoms with van der Waals surface area (Å²) in [7, 11) is -0.672. The molecule has 0 unspecified atom stereocenters. The van der Waals surface area contributed by atoms with Crippen molar-refractivity contribution in [1.82, 2.24) is 5.32 Å². The quantitative estimate of drug-likeness (QED) is 0.347. The van der Waals surface area contributed by atoms with Crippen molar-refractivity contribution in [3.05, 3.63) is 76.8 Å². The normalized spacial score (nSPS) is 17.1. The first kappa shape index (κ1) is 23.6. The molecule has 4 N–H and O–H groups in total. The maximum Gasteiger partial charge on any atom is 0.492 e. The highest BCUT2D eigenvalue weighted by Gasteiger charge is 2.52. The van der Waals surface area contributed by atoms with Gasteiger partial charge in [0, 0.05) is 12.1 Å². The zero-order chi connectivity index (χ0) is 23.4. The van der Waals surface area contributed by atoms with E-state index in [9.17, 15) is 4.79 Å². The maximum atomic E-state index is 12.3. The molecule has 1 aliphatic rings. The lowest BCUT2D eigenvalue weighted by Crippen LogP contribution is -2.41. The number of nitrogens with one attached hydrogen (secondary N) is 2. The minimum Gasteiger partial charge on any atom is -0.445 e. The first-order valence-electron chi connectivity index (χ1n) is 10.5. The highest BCUT2D eigenvalue weighted by Crippen LogP contribution is 2.38. The van der Waals surface area contributed by atoms with E-state index in [0.717, 1.165) is 11.1 Å². The van der Waals surface area contributed by atoms with Crippen LogP contribution in [0.1, 0.15) is 44.4 Å². The predicted octanol–water partition coefficient (Wildman–Crippen LogP) is 3.91. The van der Waals surface area contributed by atoms with Crippen LogP contribution in [0, 0.1) is 5.41 Å². The van der Waals surface area contributed by atoms with Crippen LogP contribution in [0.4, 0.5) is 4.79 Å². The Morgan fingerprint density at radius 3 is 2.28 bits per heavy atom. The van der Waals surface area contributed by atoms with E-state index < -0.39 is 24.4 Å². The molecule has 1 amide bonds. The molecule has 0 saturated carbocycles. The maximum absolute atomic E-state index is 12.3. The number of amidine groups is 1. The number of nitrogens with two attached hydrogens (primary N) is 1. The summed E-state index contributed by atoms with van der Waals surface area (Å²) in [5, 5.41) is 10.6. The van der Waals surface area contributed by atoms with E-state index in [4.69, 9.17) is 25.2 Å². The number of ether oxygens (including phenoxy) is 1. The Morgan fingerprint density at radius 1 is 1.06 bits per heavy atom. The van der Waals surface area contributed by atoms with Gasteiger partial charge in [0.15, 0.2) is 0 Å². The predicted molar refractivity (Wildman–Crippen MR) is 126 cm³/mol. The van der Waals surface area contributed by atoms with Gasteiger partial charge in [-0.3, -0.25) is 5.41 Å². The summed E-state index contributed by atoms with van der Waals surface area (Å²) in [6, 6.07) is 16.8. The van der Waals surface area contributed by atoms with Crippen molar-refractivity contribution in [1.29, 1.82) is 5.41 Å². The fourth-order valence-electron chi connectivity index (χ4n) is 3.21. The van der Waals surface area contributed by atoms with Gasteiger partial charge in [0.2, 0.25) is 0 Å². The first-order chi connectivity index (χ1) is 15.1. The molecule has 32 heavy (non-hydrogen) atoms. The van der Waals surface area contributed by atoms with E-state index >= 15 is 0 Å². The number of benzene rings is 2. The third-order valence-electron chi connectivity index (χ3n) is 5.80. The Kier molecular flexibility index (Phi) is 7.06. The van der Waals surface area contributed by atoms with Crippen LogP contribution in [0.5, 0.6) is 0 Å². The van der Waals surface area contributed by atoms with Crippen LogP contribution in [0.3, 0.4) is 0 Å². The monoisotopic (exact) mass is 435 g/mol. The molecule has 1 saturated heterocycles. The first-order valence-corrected chi connectivity index (χ1v) is 10.5. The van der Waals surface area contributed by atoms with Crippen LogP contribution in [0.25, 0.3) is 6.08 Å². The van der Waals surface area contributed by atoms with Crippen molar-refractivity contribution in [3.8, 4) is 0 Å². The summed E-state index contributed by atoms with van der Waals surface area (Å²) in [5.74, 6) is -0.0413. The van der Waals surface area contributed by atoms with Gasteiger partial charge in [-0.2, -0.15) is 0 Å². The van der Waals surface area contributed by atoms with E-state index in [2.05, 4.69) is 5.32 Å². The zero-order valence-corrected chi connectivity index (χ0v) is 19.0. The molecule has 1 aliphatic heterocycles. The second kappa shape index (κ2) is 9.59. The third kappa shape index (κ3) is 5.58. The summed E-state index contributed by atoms with van der Waals surface area (Å²) in [6.45, 7) is 8.20. The summed E-state index contributed by atoms with van der Waals surface area (Å²) >= 11 is 0. The summed E-state index contributed by atoms with van der Waals surface area (Å²) < 4.78 is 17.7. The van der Waals surface area contributed by atoms with Crippen molar-refractivity contribution in [2.45, 2.75) is 45.5 Å². The Labute approximate surface area is 189 Å². The van der Waals surface area contributed by atoms with Crippen molar-refractivity contribution >= 4 is 25.1 Å². The largest absolute Gasteiger partial charge is 0.492 e. The van der Waals surface area contributed by atoms with E-state index in [1.165, 1.54) is 0 Å². The fourth-order valence-corrected chi connectivity index (χ4v) is 3.21. The third-order valence-corrected chi connectivity index (χ3v) is 5.80. The van der Waals surface area contributed by atoms with Crippen LogP contribution >= 0.6 is 0 Å². The number of carbonyl (C=O) groups excluding carboxylic acids is 1. The molecule has 3 rings (SSSR count). The number of carbonyl (C=O) groups is 1. The second-order valence-electron chi connectivity index (χ2n) is 8.72. The van der Waals surface area contributed by atoms with Crippen molar-refractivity contribution < 1.29 is 18.8 Å². The smallest absolute Gasteiger partial charge is 0.445 e. The lowest BCUT2D eigenvalue weighted by Gasteiger charge is -2.32. The van der Waals surface area contributed by atoms with Gasteiger partial charge in [0.05, 0.1) is 11.2 Å². The lowest BCUT2D eigenvalue weighted by molar-refractivity contribution is 0.00578. The molecule has 0 aromatic heterocycles. The molecule has 2 aromatic rings. The van der Waals surface area contributed by atoms with Crippen molar-refractivity contribution in [2.75, 3.05) is 6.54 Å². The molecular formula is C24H30BN3O4. The van der Waals surface area contributed by atoms with Crippen molar-refractivity contribution in [2.24, 2.45) is 5.73 Å². The molecule has 0 radical (unpaired) electrons. The topological polar surface area (TPSA) is 107 Å². The fraction of sp³-hybridized carbons (Fsp3) is 0.333. The number of nitrogen functional groups attached to an aromatic ring is 1. The van der Waals surface area contributed by atoms with Crippen molar-refractivity contribution in [3.63, 3.8) is 0 Å². The zero-order valence-electron chi connectivity index (χ0n) is 19.0. The van der Waals surface area contributed by atoms with Crippen LogP contribution in [0.2, 0.25) is 0 Å². The van der Waals surface area contributed by atoms with Crippen LogP contribution in [-0.4, -0.2) is 36.8 Å². The van der Waals surface area contributed by atoms with E-state index in [1.807, 2.05) is 82.3 Å². The Morgan fingerprint density at radius 2 is 1.66 bits per heavy atom. The summed E-state index contributed by atoms with van der Waals surface area (Å²) in [5.41, 5.74) is 7.60. The number of amides is 1. The molecule has 2 aromatic carbocycles. The molecule has 0 bridgehead atoms. The van der Waals surface area contributed by atoms with E-state index in [1.54, 1.807) is 6.07 Å².